The summed E-state index contributed by atoms with van der Waals surface area (Å²) < 4.78 is 11.2. The van der Waals surface area contributed by atoms with Gasteiger partial charge in [0, 0.05) is 25.2 Å². The van der Waals surface area contributed by atoms with Crippen molar-refractivity contribution in [2.45, 2.75) is 37.5 Å². The van der Waals surface area contributed by atoms with Crippen LogP contribution in [0, 0.1) is 11.3 Å². The summed E-state index contributed by atoms with van der Waals surface area (Å²) in [7, 11) is 0. The third-order valence-electron chi connectivity index (χ3n) is 5.47. The second kappa shape index (κ2) is 7.63. The van der Waals surface area contributed by atoms with E-state index in [4.69, 9.17) is 15.2 Å². The molecule has 1 atom stereocenters. The van der Waals surface area contributed by atoms with Crippen LogP contribution in [0.15, 0.2) is 42.5 Å². The van der Waals surface area contributed by atoms with Crippen molar-refractivity contribution in [3.05, 3.63) is 53.6 Å². The molecule has 0 aliphatic carbocycles. The molecule has 0 aromatic heterocycles. The highest BCUT2D eigenvalue weighted by Crippen LogP contribution is 2.38. The molecular formula is C22H23N3O3. The Morgan fingerprint density at radius 2 is 2.00 bits per heavy atom. The molecule has 2 aliphatic heterocycles. The second-order valence-corrected chi connectivity index (χ2v) is 7.40. The number of rotatable bonds is 4. The molecule has 1 fully saturated rings. The topological polar surface area (TPSA) is 97.4 Å². The smallest absolute Gasteiger partial charge is 0.241 e. The van der Waals surface area contributed by atoms with Crippen molar-refractivity contribution < 1.29 is 14.3 Å². The maximum atomic E-state index is 12.6. The van der Waals surface area contributed by atoms with Crippen LogP contribution in [0.5, 0.6) is 5.75 Å². The molecule has 1 saturated heterocycles. The van der Waals surface area contributed by atoms with E-state index in [1.165, 1.54) is 5.56 Å². The standard InChI is InChI=1S/C22H23N3O3/c23-13-17(25-21(26)22(24)7-9-27-10-8-22)11-15-5-6-19-18-4-2-1-3-16(18)14-28-20(19)12-15/h1-6,12,17H,7-11,14,24H2,(H,25,26)/t17-/m1/s1. The lowest BCUT2D eigenvalue weighted by molar-refractivity contribution is -0.130. The van der Waals surface area contributed by atoms with Gasteiger partial charge in [-0.2, -0.15) is 5.26 Å². The number of benzene rings is 2. The number of nitrogens with one attached hydrogen (secondary N) is 1. The number of carbonyl (C=O) groups is 1. The summed E-state index contributed by atoms with van der Waals surface area (Å²) in [6.45, 7) is 1.46. The first kappa shape index (κ1) is 18.5. The van der Waals surface area contributed by atoms with Crippen LogP contribution < -0.4 is 15.8 Å². The van der Waals surface area contributed by atoms with Gasteiger partial charge in [-0.3, -0.25) is 4.79 Å². The summed E-state index contributed by atoms with van der Waals surface area (Å²) in [5.74, 6) is 0.518. The number of amides is 1. The van der Waals surface area contributed by atoms with Crippen LogP contribution in [0.25, 0.3) is 11.1 Å². The van der Waals surface area contributed by atoms with E-state index >= 15 is 0 Å². The van der Waals surface area contributed by atoms with Crippen molar-refractivity contribution in [2.75, 3.05) is 13.2 Å². The predicted octanol–water partition coefficient (Wildman–Crippen LogP) is 2.30. The third kappa shape index (κ3) is 3.59. The van der Waals surface area contributed by atoms with Gasteiger partial charge >= 0.3 is 0 Å². The van der Waals surface area contributed by atoms with Crippen LogP contribution in [0.2, 0.25) is 0 Å². The van der Waals surface area contributed by atoms with Crippen molar-refractivity contribution in [3.63, 3.8) is 0 Å². The van der Waals surface area contributed by atoms with Crippen LogP contribution in [-0.4, -0.2) is 30.7 Å². The summed E-state index contributed by atoms with van der Waals surface area (Å²) in [4.78, 5) is 12.6. The number of carbonyl (C=O) groups excluding carboxylic acids is 1. The fourth-order valence-corrected chi connectivity index (χ4v) is 3.73. The zero-order valence-electron chi connectivity index (χ0n) is 15.6. The number of nitrogens with zero attached hydrogens (tertiary/aromatic N) is 1. The van der Waals surface area contributed by atoms with E-state index in [-0.39, 0.29) is 5.91 Å². The van der Waals surface area contributed by atoms with Gasteiger partial charge in [-0.25, -0.2) is 0 Å². The number of hydrogen-bond donors (Lipinski definition) is 2. The molecular weight excluding hydrogens is 354 g/mol. The fraction of sp³-hybridized carbons (Fsp3) is 0.364. The van der Waals surface area contributed by atoms with E-state index in [0.29, 0.717) is 39.1 Å². The maximum Gasteiger partial charge on any atom is 0.241 e. The van der Waals surface area contributed by atoms with Crippen molar-refractivity contribution >= 4 is 5.91 Å². The van der Waals surface area contributed by atoms with Crippen molar-refractivity contribution in [1.29, 1.82) is 5.26 Å². The molecule has 6 nitrogen and oxygen atoms in total. The predicted molar refractivity (Wildman–Crippen MR) is 104 cm³/mol. The lowest BCUT2D eigenvalue weighted by atomic mass is 9.89. The van der Waals surface area contributed by atoms with Crippen molar-refractivity contribution in [1.82, 2.24) is 5.32 Å². The summed E-state index contributed by atoms with van der Waals surface area (Å²) >= 11 is 0. The summed E-state index contributed by atoms with van der Waals surface area (Å²) in [6.07, 6.45) is 1.32. The summed E-state index contributed by atoms with van der Waals surface area (Å²) in [5, 5.41) is 12.3. The molecule has 0 saturated carbocycles. The Morgan fingerprint density at radius 3 is 2.79 bits per heavy atom. The van der Waals surface area contributed by atoms with Gasteiger partial charge in [0.1, 0.15) is 18.4 Å². The first-order chi connectivity index (χ1) is 13.6. The van der Waals surface area contributed by atoms with E-state index in [2.05, 4.69) is 23.5 Å². The lowest BCUT2D eigenvalue weighted by Crippen LogP contribution is -2.58. The first-order valence-corrected chi connectivity index (χ1v) is 9.50. The Balaban J connectivity index is 1.48. The van der Waals surface area contributed by atoms with Gasteiger partial charge in [0.15, 0.2) is 0 Å². The molecule has 2 aromatic rings. The van der Waals surface area contributed by atoms with E-state index in [1.54, 1.807) is 0 Å². The van der Waals surface area contributed by atoms with Crippen LogP contribution in [0.4, 0.5) is 0 Å². The van der Waals surface area contributed by atoms with Gasteiger partial charge in [0.05, 0.1) is 11.6 Å². The minimum atomic E-state index is -0.962. The Morgan fingerprint density at radius 1 is 1.21 bits per heavy atom. The number of ether oxygens (including phenoxy) is 2. The Labute approximate surface area is 164 Å². The molecule has 0 radical (unpaired) electrons. The molecule has 2 aliphatic rings. The Kier molecular flexibility index (Phi) is 5.03. The normalized spacial score (nSPS) is 18.0. The Bertz CT molecular complexity index is 929. The van der Waals surface area contributed by atoms with Crippen LogP contribution in [0.3, 0.4) is 0 Å². The number of fused-ring (bicyclic) bond motifs is 3. The minimum absolute atomic E-state index is 0.287. The first-order valence-electron chi connectivity index (χ1n) is 9.50. The SMILES string of the molecule is N#C[C@@H](Cc1ccc2c(c1)OCc1ccccc1-2)NC(=O)C1(N)CCOCC1. The van der Waals surface area contributed by atoms with Crippen LogP contribution >= 0.6 is 0 Å². The van der Waals surface area contributed by atoms with Gasteiger partial charge < -0.3 is 20.5 Å². The van der Waals surface area contributed by atoms with E-state index in [9.17, 15) is 10.1 Å². The van der Waals surface area contributed by atoms with E-state index in [1.807, 2.05) is 30.3 Å². The van der Waals surface area contributed by atoms with Crippen LogP contribution in [-0.2, 0) is 22.6 Å². The zero-order chi connectivity index (χ0) is 19.6. The van der Waals surface area contributed by atoms with Crippen LogP contribution in [0.1, 0.15) is 24.0 Å². The highest BCUT2D eigenvalue weighted by Gasteiger charge is 2.36. The largest absolute Gasteiger partial charge is 0.488 e. The minimum Gasteiger partial charge on any atom is -0.488 e. The summed E-state index contributed by atoms with van der Waals surface area (Å²) in [6, 6.07) is 15.6. The monoisotopic (exact) mass is 377 g/mol. The van der Waals surface area contributed by atoms with Gasteiger partial charge in [-0.1, -0.05) is 36.4 Å². The van der Waals surface area contributed by atoms with E-state index < -0.39 is 11.6 Å². The quantitative estimate of drug-likeness (QED) is 0.852. The zero-order valence-corrected chi connectivity index (χ0v) is 15.6. The molecule has 0 bridgehead atoms. The van der Waals surface area contributed by atoms with Gasteiger partial charge in [-0.15, -0.1) is 0 Å². The molecule has 6 heteroatoms. The van der Waals surface area contributed by atoms with E-state index in [0.717, 1.165) is 22.4 Å². The molecule has 144 valence electrons. The molecule has 28 heavy (non-hydrogen) atoms. The molecule has 4 rings (SSSR count). The molecule has 2 aromatic carbocycles. The second-order valence-electron chi connectivity index (χ2n) is 7.40. The summed E-state index contributed by atoms with van der Waals surface area (Å²) in [5.41, 5.74) is 9.57. The number of nitriles is 1. The number of nitrogens with two attached hydrogens (primary N) is 1. The van der Waals surface area contributed by atoms with Gasteiger partial charge in [0.25, 0.3) is 0 Å². The number of hydrogen-bond acceptors (Lipinski definition) is 5. The highest BCUT2D eigenvalue weighted by molar-refractivity contribution is 5.86. The average molecular weight is 377 g/mol. The molecule has 0 spiro atoms. The van der Waals surface area contributed by atoms with Gasteiger partial charge in [0.2, 0.25) is 5.91 Å². The van der Waals surface area contributed by atoms with Crippen molar-refractivity contribution in [2.24, 2.45) is 5.73 Å². The lowest BCUT2D eigenvalue weighted by Gasteiger charge is -2.32. The maximum absolute atomic E-state index is 12.6. The molecule has 2 heterocycles. The van der Waals surface area contributed by atoms with Crippen molar-refractivity contribution in [3.8, 4) is 22.9 Å². The molecule has 0 unspecified atom stereocenters. The average Bonchev–Trinajstić information content (AvgIpc) is 2.73. The molecule has 1 amide bonds. The fourth-order valence-electron chi connectivity index (χ4n) is 3.73. The molecule has 3 N–H and O–H groups in total. The Hall–Kier alpha value is -2.88. The van der Waals surface area contributed by atoms with Gasteiger partial charge in [-0.05, 0) is 35.6 Å². The highest BCUT2D eigenvalue weighted by atomic mass is 16.5. The third-order valence-corrected chi connectivity index (χ3v) is 5.47.